The lowest BCUT2D eigenvalue weighted by Crippen LogP contribution is -2.39. The van der Waals surface area contributed by atoms with E-state index >= 15 is 0 Å². The summed E-state index contributed by atoms with van der Waals surface area (Å²) in [6.45, 7) is 2.75. The highest BCUT2D eigenvalue weighted by Gasteiger charge is 2.11. The van der Waals surface area contributed by atoms with Crippen LogP contribution in [0.15, 0.2) is 18.2 Å². The number of amides is 1. The number of methoxy groups -OCH3 is 1. The fourth-order valence-electron chi connectivity index (χ4n) is 1.78. The Bertz CT molecular complexity index is 419. The van der Waals surface area contributed by atoms with E-state index in [2.05, 4.69) is 5.32 Å². The van der Waals surface area contributed by atoms with Crippen molar-refractivity contribution in [1.82, 2.24) is 10.2 Å². The number of nitrogen functional groups attached to an aromatic ring is 1. The van der Waals surface area contributed by atoms with Crippen molar-refractivity contribution in [2.75, 3.05) is 33.5 Å². The lowest BCUT2D eigenvalue weighted by Gasteiger charge is -2.18. The number of benzene rings is 1. The van der Waals surface area contributed by atoms with Crippen LogP contribution in [0.2, 0.25) is 0 Å². The molecule has 1 atom stereocenters. The summed E-state index contributed by atoms with van der Waals surface area (Å²) in [6, 6.07) is 5.10. The molecule has 0 spiro atoms. The molecule has 0 aromatic heterocycles. The quantitative estimate of drug-likeness (QED) is 0.765. The Morgan fingerprint density at radius 2 is 2.17 bits per heavy atom. The van der Waals surface area contributed by atoms with Crippen molar-refractivity contribution in [3.05, 3.63) is 23.8 Å². The molecule has 0 bridgehead atoms. The number of nitrogens with two attached hydrogens (primary N) is 1. The number of ether oxygens (including phenoxy) is 1. The number of likely N-dealkylation sites (N-methyl/N-ethyl adjacent to an activating group) is 1. The maximum Gasteiger partial charge on any atom is 0.251 e. The Labute approximate surface area is 108 Å². The summed E-state index contributed by atoms with van der Waals surface area (Å²) >= 11 is 0. The Kier molecular flexibility index (Phi) is 4.97. The van der Waals surface area contributed by atoms with Gasteiger partial charge < -0.3 is 20.7 Å². The van der Waals surface area contributed by atoms with E-state index in [4.69, 9.17) is 10.5 Å². The third-order valence-corrected chi connectivity index (χ3v) is 2.51. The number of rotatable bonds is 5. The zero-order chi connectivity index (χ0) is 13.7. The highest BCUT2D eigenvalue weighted by Crippen LogP contribution is 2.21. The van der Waals surface area contributed by atoms with Gasteiger partial charge in [0.1, 0.15) is 5.75 Å². The molecule has 1 aromatic rings. The van der Waals surface area contributed by atoms with Crippen molar-refractivity contribution in [2.24, 2.45) is 0 Å². The predicted octanol–water partition coefficient (Wildman–Crippen LogP) is 0.957. The van der Waals surface area contributed by atoms with E-state index in [9.17, 15) is 4.79 Å². The van der Waals surface area contributed by atoms with Crippen LogP contribution >= 0.6 is 0 Å². The SMILES string of the molecule is COc1ccc(C(=O)NC(C)CN(C)C)cc1N. The van der Waals surface area contributed by atoms with Gasteiger partial charge in [-0.3, -0.25) is 4.79 Å². The Morgan fingerprint density at radius 3 is 2.67 bits per heavy atom. The normalized spacial score (nSPS) is 12.3. The van der Waals surface area contributed by atoms with Gasteiger partial charge in [0, 0.05) is 18.2 Å². The number of nitrogens with zero attached hydrogens (tertiary/aromatic N) is 1. The number of anilines is 1. The molecular formula is C13H21N3O2. The average Bonchev–Trinajstić information content (AvgIpc) is 2.27. The molecule has 0 saturated heterocycles. The van der Waals surface area contributed by atoms with Crippen LogP contribution in [-0.4, -0.2) is 44.6 Å². The third kappa shape index (κ3) is 3.92. The van der Waals surface area contributed by atoms with Gasteiger partial charge in [-0.25, -0.2) is 0 Å². The standard InChI is InChI=1S/C13H21N3O2/c1-9(8-16(2)3)15-13(17)10-5-6-12(18-4)11(14)7-10/h5-7,9H,8,14H2,1-4H3,(H,15,17). The van der Waals surface area contributed by atoms with Crippen molar-refractivity contribution >= 4 is 11.6 Å². The Balaban J connectivity index is 2.70. The average molecular weight is 251 g/mol. The molecule has 0 radical (unpaired) electrons. The first-order valence-electron chi connectivity index (χ1n) is 5.83. The van der Waals surface area contributed by atoms with Crippen LogP contribution in [0.3, 0.4) is 0 Å². The van der Waals surface area contributed by atoms with Crippen molar-refractivity contribution in [3.8, 4) is 5.75 Å². The number of hydrogen-bond donors (Lipinski definition) is 2. The molecule has 1 amide bonds. The Morgan fingerprint density at radius 1 is 1.50 bits per heavy atom. The maximum absolute atomic E-state index is 12.0. The molecule has 0 heterocycles. The van der Waals surface area contributed by atoms with Crippen LogP contribution in [0.4, 0.5) is 5.69 Å². The maximum atomic E-state index is 12.0. The van der Waals surface area contributed by atoms with E-state index in [-0.39, 0.29) is 11.9 Å². The van der Waals surface area contributed by atoms with Gasteiger partial charge in [-0.15, -0.1) is 0 Å². The molecule has 0 saturated carbocycles. The first-order valence-corrected chi connectivity index (χ1v) is 5.83. The van der Waals surface area contributed by atoms with E-state index < -0.39 is 0 Å². The smallest absolute Gasteiger partial charge is 0.251 e. The van der Waals surface area contributed by atoms with E-state index in [0.717, 1.165) is 6.54 Å². The van der Waals surface area contributed by atoms with Crippen LogP contribution in [0, 0.1) is 0 Å². The van der Waals surface area contributed by atoms with E-state index in [1.54, 1.807) is 25.3 Å². The molecule has 1 aromatic carbocycles. The van der Waals surface area contributed by atoms with Crippen molar-refractivity contribution in [1.29, 1.82) is 0 Å². The van der Waals surface area contributed by atoms with E-state index in [0.29, 0.717) is 17.0 Å². The fraction of sp³-hybridized carbons (Fsp3) is 0.462. The van der Waals surface area contributed by atoms with Crippen LogP contribution in [0.5, 0.6) is 5.75 Å². The summed E-state index contributed by atoms with van der Waals surface area (Å²) in [6.07, 6.45) is 0. The lowest BCUT2D eigenvalue weighted by molar-refractivity contribution is 0.0934. The molecule has 1 rings (SSSR count). The number of nitrogens with one attached hydrogen (secondary N) is 1. The Hall–Kier alpha value is -1.75. The molecule has 18 heavy (non-hydrogen) atoms. The molecular weight excluding hydrogens is 230 g/mol. The van der Waals surface area contributed by atoms with Crippen molar-refractivity contribution < 1.29 is 9.53 Å². The first-order chi connectivity index (χ1) is 8.43. The highest BCUT2D eigenvalue weighted by molar-refractivity contribution is 5.95. The van der Waals surface area contributed by atoms with Gasteiger partial charge in [0.05, 0.1) is 12.8 Å². The van der Waals surface area contributed by atoms with E-state index in [1.807, 2.05) is 25.9 Å². The van der Waals surface area contributed by atoms with Crippen LogP contribution in [0.25, 0.3) is 0 Å². The predicted molar refractivity (Wildman–Crippen MR) is 72.9 cm³/mol. The molecule has 5 heteroatoms. The van der Waals surface area contributed by atoms with Gasteiger partial charge in [-0.05, 0) is 39.2 Å². The van der Waals surface area contributed by atoms with Gasteiger partial charge >= 0.3 is 0 Å². The van der Waals surface area contributed by atoms with Crippen LogP contribution < -0.4 is 15.8 Å². The topological polar surface area (TPSA) is 67.6 Å². The fourth-order valence-corrected chi connectivity index (χ4v) is 1.78. The van der Waals surface area contributed by atoms with Crippen LogP contribution in [-0.2, 0) is 0 Å². The minimum atomic E-state index is -0.126. The molecule has 0 fully saturated rings. The van der Waals surface area contributed by atoms with Crippen LogP contribution in [0.1, 0.15) is 17.3 Å². The van der Waals surface area contributed by atoms with Gasteiger partial charge in [0.15, 0.2) is 0 Å². The second-order valence-corrected chi connectivity index (χ2v) is 4.59. The molecule has 5 nitrogen and oxygen atoms in total. The summed E-state index contributed by atoms with van der Waals surface area (Å²) < 4.78 is 5.05. The third-order valence-electron chi connectivity index (χ3n) is 2.51. The largest absolute Gasteiger partial charge is 0.495 e. The van der Waals surface area contributed by atoms with Gasteiger partial charge in [0.25, 0.3) is 5.91 Å². The minimum Gasteiger partial charge on any atom is -0.495 e. The summed E-state index contributed by atoms with van der Waals surface area (Å²) in [4.78, 5) is 14.0. The van der Waals surface area contributed by atoms with Gasteiger partial charge in [0.2, 0.25) is 0 Å². The van der Waals surface area contributed by atoms with Gasteiger partial charge in [-0.1, -0.05) is 0 Å². The second kappa shape index (κ2) is 6.26. The highest BCUT2D eigenvalue weighted by atomic mass is 16.5. The monoisotopic (exact) mass is 251 g/mol. The summed E-state index contributed by atoms with van der Waals surface area (Å²) in [5.74, 6) is 0.451. The molecule has 3 N–H and O–H groups in total. The molecule has 0 aliphatic carbocycles. The lowest BCUT2D eigenvalue weighted by atomic mass is 10.1. The summed E-state index contributed by atoms with van der Waals surface area (Å²) in [7, 11) is 5.48. The number of hydrogen-bond acceptors (Lipinski definition) is 4. The number of carbonyl (C=O) groups excluding carboxylic acids is 1. The zero-order valence-corrected chi connectivity index (χ0v) is 11.4. The minimum absolute atomic E-state index is 0.0795. The molecule has 100 valence electrons. The molecule has 0 aliphatic heterocycles. The molecule has 0 aliphatic rings. The van der Waals surface area contributed by atoms with Gasteiger partial charge in [-0.2, -0.15) is 0 Å². The zero-order valence-electron chi connectivity index (χ0n) is 11.4. The van der Waals surface area contributed by atoms with E-state index in [1.165, 1.54) is 0 Å². The molecule has 1 unspecified atom stereocenters. The summed E-state index contributed by atoms with van der Waals surface area (Å²) in [5.41, 5.74) is 6.77. The number of carbonyl (C=O) groups is 1. The van der Waals surface area contributed by atoms with Crippen molar-refractivity contribution in [2.45, 2.75) is 13.0 Å². The first kappa shape index (κ1) is 14.3. The second-order valence-electron chi connectivity index (χ2n) is 4.59. The summed E-state index contributed by atoms with van der Waals surface area (Å²) in [5, 5.41) is 2.92. The van der Waals surface area contributed by atoms with Crippen molar-refractivity contribution in [3.63, 3.8) is 0 Å².